The zero-order chi connectivity index (χ0) is 14.5. The quantitative estimate of drug-likeness (QED) is 0.808. The Labute approximate surface area is 124 Å². The van der Waals surface area contributed by atoms with E-state index in [-0.39, 0.29) is 0 Å². The van der Waals surface area contributed by atoms with Gasteiger partial charge in [-0.2, -0.15) is 0 Å². The van der Waals surface area contributed by atoms with Crippen molar-refractivity contribution in [1.29, 1.82) is 0 Å². The first-order chi connectivity index (χ1) is 10.4. The Morgan fingerprint density at radius 2 is 2.10 bits per heavy atom. The van der Waals surface area contributed by atoms with Crippen LogP contribution in [0.1, 0.15) is 6.42 Å². The van der Waals surface area contributed by atoms with Gasteiger partial charge in [-0.05, 0) is 31.6 Å². The van der Waals surface area contributed by atoms with E-state index in [1.807, 2.05) is 18.2 Å². The average molecular weight is 291 g/mol. The van der Waals surface area contributed by atoms with Gasteiger partial charge >= 0.3 is 0 Å². The van der Waals surface area contributed by atoms with Crippen molar-refractivity contribution in [3.63, 3.8) is 0 Å². The lowest BCUT2D eigenvalue weighted by atomic mass is 10.1. The molecule has 0 radical (unpaired) electrons. The van der Waals surface area contributed by atoms with E-state index in [1.165, 1.54) is 19.5 Å². The number of rotatable bonds is 3. The maximum absolute atomic E-state index is 10.4. The number of fused-ring (bicyclic) bond motifs is 1. The van der Waals surface area contributed by atoms with Gasteiger partial charge in [0.15, 0.2) is 0 Å². The summed E-state index contributed by atoms with van der Waals surface area (Å²) in [6.45, 7) is 5.64. The zero-order valence-corrected chi connectivity index (χ0v) is 12.0. The van der Waals surface area contributed by atoms with Gasteiger partial charge in [0.1, 0.15) is 12.4 Å². The fraction of sp³-hybridized carbons (Fsp3) is 0.533. The molecule has 2 fully saturated rings. The van der Waals surface area contributed by atoms with Crippen LogP contribution in [0.4, 0.5) is 11.4 Å². The van der Waals surface area contributed by atoms with Crippen molar-refractivity contribution in [2.45, 2.75) is 12.5 Å². The molecule has 3 aliphatic heterocycles. The maximum Gasteiger partial charge on any atom is 0.211 e. The van der Waals surface area contributed by atoms with Crippen molar-refractivity contribution < 1.29 is 14.3 Å². The first-order valence-corrected chi connectivity index (χ1v) is 7.40. The van der Waals surface area contributed by atoms with Crippen molar-refractivity contribution in [2.24, 2.45) is 0 Å². The molecular weight excluding hydrogens is 270 g/mol. The molecule has 21 heavy (non-hydrogen) atoms. The van der Waals surface area contributed by atoms with Crippen LogP contribution in [-0.2, 0) is 9.53 Å². The summed E-state index contributed by atoms with van der Waals surface area (Å²) in [6, 6.07) is 6.19. The number of ether oxygens (including phenoxy) is 2. The number of carbonyl (C=O) groups excluding carboxylic acids is 1. The number of amides is 1. The molecule has 2 saturated heterocycles. The molecule has 1 aromatic rings. The van der Waals surface area contributed by atoms with E-state index in [4.69, 9.17) is 9.47 Å². The van der Waals surface area contributed by atoms with Gasteiger partial charge in [-0.1, -0.05) is 0 Å². The second kappa shape index (κ2) is 6.78. The monoisotopic (exact) mass is 291 g/mol. The van der Waals surface area contributed by atoms with Gasteiger partial charge < -0.3 is 25.0 Å². The van der Waals surface area contributed by atoms with Crippen LogP contribution in [-0.4, -0.2) is 51.9 Å². The molecule has 0 unspecified atom stereocenters. The number of hydrogen-bond acceptors (Lipinski definition) is 5. The van der Waals surface area contributed by atoms with E-state index >= 15 is 0 Å². The van der Waals surface area contributed by atoms with Gasteiger partial charge in [-0.3, -0.25) is 4.79 Å². The fourth-order valence-electron chi connectivity index (χ4n) is 2.36. The molecule has 1 amide bonds. The van der Waals surface area contributed by atoms with E-state index < -0.39 is 0 Å². The van der Waals surface area contributed by atoms with Crippen LogP contribution < -0.4 is 20.3 Å². The normalized spacial score (nSPS) is 19.9. The number of nitrogens with one attached hydrogen (secondary N) is 2. The molecule has 6 heteroatoms. The van der Waals surface area contributed by atoms with E-state index in [0.717, 1.165) is 36.9 Å². The fourth-order valence-corrected chi connectivity index (χ4v) is 2.36. The van der Waals surface area contributed by atoms with Gasteiger partial charge in [0.25, 0.3) is 0 Å². The molecule has 0 atom stereocenters. The van der Waals surface area contributed by atoms with Crippen molar-refractivity contribution in [3.05, 3.63) is 18.2 Å². The van der Waals surface area contributed by atoms with Crippen LogP contribution in [0.15, 0.2) is 18.2 Å². The highest BCUT2D eigenvalue weighted by atomic mass is 16.5. The van der Waals surface area contributed by atoms with E-state index in [2.05, 4.69) is 15.5 Å². The highest BCUT2D eigenvalue weighted by Crippen LogP contribution is 2.36. The molecule has 0 aliphatic carbocycles. The average Bonchev–Trinajstić information content (AvgIpc) is 2.35. The molecule has 0 aromatic heterocycles. The van der Waals surface area contributed by atoms with Crippen molar-refractivity contribution in [2.75, 3.05) is 49.7 Å². The van der Waals surface area contributed by atoms with Crippen molar-refractivity contribution in [3.8, 4) is 5.75 Å². The Morgan fingerprint density at radius 1 is 1.33 bits per heavy atom. The third kappa shape index (κ3) is 3.28. The Balaban J connectivity index is 0.000000287. The maximum atomic E-state index is 10.4. The van der Waals surface area contributed by atoms with Gasteiger partial charge in [0.05, 0.1) is 31.5 Å². The molecule has 0 bridgehead atoms. The van der Waals surface area contributed by atoms with Crippen LogP contribution in [0.2, 0.25) is 0 Å². The van der Waals surface area contributed by atoms with Crippen LogP contribution >= 0.6 is 0 Å². The van der Waals surface area contributed by atoms with Crippen molar-refractivity contribution in [1.82, 2.24) is 5.32 Å². The Bertz CT molecular complexity index is 483. The molecule has 4 rings (SSSR count). The summed E-state index contributed by atoms with van der Waals surface area (Å²) in [7, 11) is 0. The van der Waals surface area contributed by atoms with E-state index in [9.17, 15) is 4.79 Å². The molecule has 0 saturated carbocycles. The molecule has 6 nitrogen and oxygen atoms in total. The minimum absolute atomic E-state index is 0.461. The van der Waals surface area contributed by atoms with E-state index in [0.29, 0.717) is 19.1 Å². The van der Waals surface area contributed by atoms with Crippen LogP contribution in [0.25, 0.3) is 0 Å². The lowest BCUT2D eigenvalue weighted by Crippen LogP contribution is -2.52. The van der Waals surface area contributed by atoms with E-state index in [1.54, 1.807) is 0 Å². The van der Waals surface area contributed by atoms with Gasteiger partial charge in [0, 0.05) is 11.8 Å². The Morgan fingerprint density at radius 3 is 2.67 bits per heavy atom. The number of benzene rings is 1. The lowest BCUT2D eigenvalue weighted by molar-refractivity contribution is -0.105. The lowest BCUT2D eigenvalue weighted by Gasteiger charge is -2.41. The largest absolute Gasteiger partial charge is 0.489 e. The van der Waals surface area contributed by atoms with Crippen molar-refractivity contribution >= 4 is 17.8 Å². The predicted molar refractivity (Wildman–Crippen MR) is 81.1 cm³/mol. The second-order valence-corrected chi connectivity index (χ2v) is 5.28. The smallest absolute Gasteiger partial charge is 0.211 e. The zero-order valence-electron chi connectivity index (χ0n) is 12.0. The first-order valence-electron chi connectivity index (χ1n) is 7.40. The Kier molecular flexibility index (Phi) is 4.57. The van der Waals surface area contributed by atoms with Gasteiger partial charge in [-0.15, -0.1) is 0 Å². The highest BCUT2D eigenvalue weighted by Gasteiger charge is 2.30. The van der Waals surface area contributed by atoms with Crippen LogP contribution in [0, 0.1) is 0 Å². The highest BCUT2D eigenvalue weighted by molar-refractivity contribution is 5.75. The summed E-state index contributed by atoms with van der Waals surface area (Å²) in [5.74, 6) is 0.829. The Hall–Kier alpha value is -1.79. The third-order valence-electron chi connectivity index (χ3n) is 3.85. The number of anilines is 2. The molecule has 0 spiro atoms. The van der Waals surface area contributed by atoms with Crippen LogP contribution in [0.5, 0.6) is 5.75 Å². The standard InChI is InChI=1S/C12H14N2O3.C3H7N/c15-8-13-9-1-2-11-12(5-9)17-4-3-14(11)10-6-16-7-10;1-2-4-3-1/h1-2,5,8,10H,3-4,6-7H2,(H,13,15);4H,1-3H2. The minimum Gasteiger partial charge on any atom is -0.489 e. The minimum atomic E-state index is 0.461. The SMILES string of the molecule is C1CNC1.O=CNc1ccc2c(c1)OCCN2C1COC1. The summed E-state index contributed by atoms with van der Waals surface area (Å²) in [5.41, 5.74) is 1.84. The summed E-state index contributed by atoms with van der Waals surface area (Å²) < 4.78 is 10.8. The summed E-state index contributed by atoms with van der Waals surface area (Å²) in [4.78, 5) is 12.7. The first kappa shape index (κ1) is 14.2. The van der Waals surface area contributed by atoms with Gasteiger partial charge in [0.2, 0.25) is 6.41 Å². The molecule has 114 valence electrons. The summed E-state index contributed by atoms with van der Waals surface area (Å²) in [5, 5.41) is 5.74. The molecule has 3 heterocycles. The van der Waals surface area contributed by atoms with Gasteiger partial charge in [-0.25, -0.2) is 0 Å². The topological polar surface area (TPSA) is 62.8 Å². The predicted octanol–water partition coefficient (Wildman–Crippen LogP) is 0.832. The molecular formula is C15H21N3O3. The second-order valence-electron chi connectivity index (χ2n) is 5.28. The molecule has 2 N–H and O–H groups in total. The number of hydrogen-bond donors (Lipinski definition) is 2. The third-order valence-corrected chi connectivity index (χ3v) is 3.85. The summed E-state index contributed by atoms with van der Waals surface area (Å²) >= 11 is 0. The summed E-state index contributed by atoms with van der Waals surface area (Å²) in [6.07, 6.45) is 2.06. The molecule has 1 aromatic carbocycles. The van der Waals surface area contributed by atoms with Crippen LogP contribution in [0.3, 0.4) is 0 Å². The number of nitrogens with zero attached hydrogens (tertiary/aromatic N) is 1. The molecule has 3 aliphatic rings. The number of carbonyl (C=O) groups is 1.